The standard InChI is InChI=1S/C10H9ClN2O2/c1-6(14)12-7-2-3-8-9(5-11)13-15-10(8)4-7/h2-4H,5H2,1H3,(H,12,14). The summed E-state index contributed by atoms with van der Waals surface area (Å²) >= 11 is 5.68. The number of carbonyl (C=O) groups is 1. The highest BCUT2D eigenvalue weighted by Gasteiger charge is 2.07. The molecule has 2 aromatic rings. The van der Waals surface area contributed by atoms with Gasteiger partial charge in [-0.2, -0.15) is 0 Å². The molecule has 78 valence electrons. The van der Waals surface area contributed by atoms with E-state index in [4.69, 9.17) is 16.1 Å². The largest absolute Gasteiger partial charge is 0.356 e. The summed E-state index contributed by atoms with van der Waals surface area (Å²) in [6.45, 7) is 1.45. The summed E-state index contributed by atoms with van der Waals surface area (Å²) < 4.78 is 5.08. The SMILES string of the molecule is CC(=O)Nc1ccc2c(CCl)noc2c1. The lowest BCUT2D eigenvalue weighted by atomic mass is 10.2. The van der Waals surface area contributed by atoms with Crippen LogP contribution in [0.2, 0.25) is 0 Å². The molecule has 0 spiro atoms. The highest BCUT2D eigenvalue weighted by atomic mass is 35.5. The van der Waals surface area contributed by atoms with Crippen molar-refractivity contribution in [3.8, 4) is 0 Å². The van der Waals surface area contributed by atoms with Gasteiger partial charge in [0.2, 0.25) is 5.91 Å². The zero-order chi connectivity index (χ0) is 10.8. The minimum Gasteiger partial charge on any atom is -0.356 e. The fraction of sp³-hybridized carbons (Fsp3) is 0.200. The molecule has 0 bridgehead atoms. The number of halogens is 1. The molecule has 4 nitrogen and oxygen atoms in total. The first-order valence-electron chi connectivity index (χ1n) is 4.42. The first kappa shape index (κ1) is 9.98. The first-order chi connectivity index (χ1) is 7.20. The maximum Gasteiger partial charge on any atom is 0.221 e. The van der Waals surface area contributed by atoms with Crippen molar-refractivity contribution in [1.82, 2.24) is 5.16 Å². The number of hydrogen-bond acceptors (Lipinski definition) is 3. The van der Waals surface area contributed by atoms with E-state index in [0.717, 1.165) is 5.39 Å². The highest BCUT2D eigenvalue weighted by molar-refractivity contribution is 6.17. The van der Waals surface area contributed by atoms with Gasteiger partial charge in [-0.3, -0.25) is 4.79 Å². The molecule has 1 amide bonds. The van der Waals surface area contributed by atoms with Crippen LogP contribution in [0.4, 0.5) is 5.69 Å². The van der Waals surface area contributed by atoms with E-state index >= 15 is 0 Å². The fourth-order valence-electron chi connectivity index (χ4n) is 1.37. The highest BCUT2D eigenvalue weighted by Crippen LogP contribution is 2.23. The normalized spacial score (nSPS) is 10.5. The van der Waals surface area contributed by atoms with Crippen LogP contribution in [-0.2, 0) is 10.7 Å². The van der Waals surface area contributed by atoms with E-state index in [1.165, 1.54) is 6.92 Å². The van der Waals surface area contributed by atoms with Gasteiger partial charge in [0, 0.05) is 24.1 Å². The minimum atomic E-state index is -0.119. The molecule has 0 unspecified atom stereocenters. The number of nitrogens with zero attached hydrogens (tertiary/aromatic N) is 1. The van der Waals surface area contributed by atoms with E-state index in [-0.39, 0.29) is 5.91 Å². The number of anilines is 1. The summed E-state index contributed by atoms with van der Waals surface area (Å²) in [4.78, 5) is 10.8. The molecular weight excluding hydrogens is 216 g/mol. The average Bonchev–Trinajstić information content (AvgIpc) is 2.58. The zero-order valence-electron chi connectivity index (χ0n) is 8.08. The van der Waals surface area contributed by atoms with E-state index in [2.05, 4.69) is 10.5 Å². The number of carbonyl (C=O) groups excluding carboxylic acids is 1. The van der Waals surface area contributed by atoms with Gasteiger partial charge in [-0.05, 0) is 12.1 Å². The molecule has 0 atom stereocenters. The summed E-state index contributed by atoms with van der Waals surface area (Å²) in [5.41, 5.74) is 2.02. The Hall–Kier alpha value is -1.55. The molecular formula is C10H9ClN2O2. The Morgan fingerprint density at radius 2 is 2.40 bits per heavy atom. The Balaban J connectivity index is 2.44. The monoisotopic (exact) mass is 224 g/mol. The number of amides is 1. The van der Waals surface area contributed by atoms with Crippen LogP contribution >= 0.6 is 11.6 Å². The van der Waals surface area contributed by atoms with Crippen molar-refractivity contribution in [2.24, 2.45) is 0 Å². The van der Waals surface area contributed by atoms with Crippen LogP contribution in [-0.4, -0.2) is 11.1 Å². The topological polar surface area (TPSA) is 55.1 Å². The van der Waals surface area contributed by atoms with Gasteiger partial charge in [0.1, 0.15) is 5.69 Å². The van der Waals surface area contributed by atoms with Gasteiger partial charge in [-0.1, -0.05) is 5.16 Å². The molecule has 1 aromatic carbocycles. The second kappa shape index (κ2) is 3.90. The number of rotatable bonds is 2. The quantitative estimate of drug-likeness (QED) is 0.798. The number of fused-ring (bicyclic) bond motifs is 1. The molecule has 0 aliphatic rings. The van der Waals surface area contributed by atoms with Gasteiger partial charge < -0.3 is 9.84 Å². The number of aromatic nitrogens is 1. The van der Waals surface area contributed by atoms with Crippen molar-refractivity contribution < 1.29 is 9.32 Å². The molecule has 0 radical (unpaired) electrons. The lowest BCUT2D eigenvalue weighted by Crippen LogP contribution is -2.05. The van der Waals surface area contributed by atoms with Crippen LogP contribution in [0.25, 0.3) is 11.0 Å². The third-order valence-electron chi connectivity index (χ3n) is 1.99. The zero-order valence-corrected chi connectivity index (χ0v) is 8.84. The molecule has 1 N–H and O–H groups in total. The molecule has 0 fully saturated rings. The molecule has 15 heavy (non-hydrogen) atoms. The van der Waals surface area contributed by atoms with Crippen LogP contribution < -0.4 is 5.32 Å². The third kappa shape index (κ3) is 1.94. The maximum atomic E-state index is 10.8. The van der Waals surface area contributed by atoms with Crippen molar-refractivity contribution in [2.75, 3.05) is 5.32 Å². The lowest BCUT2D eigenvalue weighted by Gasteiger charge is -2.00. The van der Waals surface area contributed by atoms with Crippen molar-refractivity contribution in [1.29, 1.82) is 0 Å². The smallest absolute Gasteiger partial charge is 0.221 e. The Morgan fingerprint density at radius 3 is 3.07 bits per heavy atom. The second-order valence-corrected chi connectivity index (χ2v) is 3.42. The van der Waals surface area contributed by atoms with Gasteiger partial charge in [0.15, 0.2) is 5.58 Å². The van der Waals surface area contributed by atoms with E-state index in [1.807, 2.05) is 6.07 Å². The molecule has 0 aliphatic heterocycles. The number of nitrogens with one attached hydrogen (secondary N) is 1. The number of hydrogen-bond donors (Lipinski definition) is 1. The Kier molecular flexibility index (Phi) is 2.60. The molecule has 2 rings (SSSR count). The van der Waals surface area contributed by atoms with Crippen LogP contribution in [0.15, 0.2) is 22.7 Å². The van der Waals surface area contributed by atoms with E-state index in [0.29, 0.717) is 22.8 Å². The summed E-state index contributed by atoms with van der Waals surface area (Å²) in [7, 11) is 0. The Morgan fingerprint density at radius 1 is 1.60 bits per heavy atom. The van der Waals surface area contributed by atoms with Crippen molar-refractivity contribution >= 4 is 34.2 Å². The first-order valence-corrected chi connectivity index (χ1v) is 4.96. The number of alkyl halides is 1. The average molecular weight is 225 g/mol. The Labute approximate surface area is 91.2 Å². The predicted molar refractivity (Wildman–Crippen MR) is 57.9 cm³/mol. The van der Waals surface area contributed by atoms with Crippen molar-refractivity contribution in [2.45, 2.75) is 12.8 Å². The summed E-state index contributed by atoms with van der Waals surface area (Å²) in [6.07, 6.45) is 0. The van der Waals surface area contributed by atoms with Crippen molar-refractivity contribution in [3.63, 3.8) is 0 Å². The van der Waals surface area contributed by atoms with Crippen molar-refractivity contribution in [3.05, 3.63) is 23.9 Å². The van der Waals surface area contributed by atoms with E-state index < -0.39 is 0 Å². The van der Waals surface area contributed by atoms with Gasteiger partial charge in [0.25, 0.3) is 0 Å². The second-order valence-electron chi connectivity index (χ2n) is 3.16. The van der Waals surface area contributed by atoms with E-state index in [1.54, 1.807) is 12.1 Å². The van der Waals surface area contributed by atoms with Gasteiger partial charge in [0.05, 0.1) is 5.88 Å². The fourth-order valence-corrected chi connectivity index (χ4v) is 1.56. The third-order valence-corrected chi connectivity index (χ3v) is 2.25. The lowest BCUT2D eigenvalue weighted by molar-refractivity contribution is -0.114. The van der Waals surface area contributed by atoms with Crippen LogP contribution in [0, 0.1) is 0 Å². The molecule has 0 aliphatic carbocycles. The number of benzene rings is 1. The van der Waals surface area contributed by atoms with Crippen LogP contribution in [0.5, 0.6) is 0 Å². The van der Waals surface area contributed by atoms with Crippen LogP contribution in [0.3, 0.4) is 0 Å². The molecule has 5 heteroatoms. The van der Waals surface area contributed by atoms with Gasteiger partial charge in [-0.15, -0.1) is 11.6 Å². The molecule has 0 saturated heterocycles. The molecule has 0 saturated carbocycles. The predicted octanol–water partition coefficient (Wildman–Crippen LogP) is 2.53. The Bertz CT molecular complexity index is 507. The van der Waals surface area contributed by atoms with Gasteiger partial charge >= 0.3 is 0 Å². The van der Waals surface area contributed by atoms with E-state index in [9.17, 15) is 4.79 Å². The maximum absolute atomic E-state index is 10.8. The summed E-state index contributed by atoms with van der Waals surface area (Å²) in [6, 6.07) is 5.34. The minimum absolute atomic E-state index is 0.119. The van der Waals surface area contributed by atoms with Gasteiger partial charge in [-0.25, -0.2) is 0 Å². The summed E-state index contributed by atoms with van der Waals surface area (Å²) in [5, 5.41) is 7.35. The van der Waals surface area contributed by atoms with Crippen LogP contribution in [0.1, 0.15) is 12.6 Å². The summed E-state index contributed by atoms with van der Waals surface area (Å²) in [5.74, 6) is 0.193. The molecule has 1 heterocycles. The molecule has 1 aromatic heterocycles.